The van der Waals surface area contributed by atoms with E-state index in [0.29, 0.717) is 18.5 Å². The molecule has 0 atom stereocenters. The van der Waals surface area contributed by atoms with Crippen molar-refractivity contribution >= 4 is 0 Å². The standard InChI is InChI=1S/C9H17NO3/c1-7(2)10-6-9-11-3-8(4-12-9)5-13-9/h7-8,10H,3-6H2,1-2H3. The summed E-state index contributed by atoms with van der Waals surface area (Å²) in [6.45, 7) is 7.08. The highest BCUT2D eigenvalue weighted by Crippen LogP contribution is 2.29. The Balaban J connectivity index is 1.87. The molecule has 3 fully saturated rings. The molecule has 0 aromatic rings. The van der Waals surface area contributed by atoms with Gasteiger partial charge in [0.05, 0.1) is 26.4 Å². The fourth-order valence-corrected chi connectivity index (χ4v) is 1.49. The summed E-state index contributed by atoms with van der Waals surface area (Å²) in [5, 5.41) is 3.26. The van der Waals surface area contributed by atoms with Crippen LogP contribution in [0.3, 0.4) is 0 Å². The molecule has 76 valence electrons. The summed E-state index contributed by atoms with van der Waals surface area (Å²) in [6, 6.07) is 0.421. The maximum Gasteiger partial charge on any atom is 0.296 e. The number of nitrogens with one attached hydrogen (secondary N) is 1. The minimum Gasteiger partial charge on any atom is -0.326 e. The van der Waals surface area contributed by atoms with Gasteiger partial charge < -0.3 is 19.5 Å². The molecule has 0 spiro atoms. The Kier molecular flexibility index (Phi) is 2.55. The highest BCUT2D eigenvalue weighted by molar-refractivity contribution is 4.76. The van der Waals surface area contributed by atoms with E-state index in [9.17, 15) is 0 Å². The molecule has 3 heterocycles. The van der Waals surface area contributed by atoms with Gasteiger partial charge in [0.2, 0.25) is 0 Å². The second-order valence-corrected chi connectivity index (χ2v) is 4.02. The summed E-state index contributed by atoms with van der Waals surface area (Å²) in [7, 11) is 0. The Morgan fingerprint density at radius 3 is 2.23 bits per heavy atom. The molecule has 4 heteroatoms. The molecule has 0 amide bonds. The highest BCUT2D eigenvalue weighted by atomic mass is 16.9. The molecule has 4 nitrogen and oxygen atoms in total. The summed E-state index contributed by atoms with van der Waals surface area (Å²) >= 11 is 0. The molecule has 1 N–H and O–H groups in total. The summed E-state index contributed by atoms with van der Waals surface area (Å²) in [5.41, 5.74) is 0. The van der Waals surface area contributed by atoms with Gasteiger partial charge in [-0.1, -0.05) is 13.8 Å². The van der Waals surface area contributed by atoms with Crippen LogP contribution in [0.1, 0.15) is 13.8 Å². The summed E-state index contributed by atoms with van der Waals surface area (Å²) in [4.78, 5) is 0. The summed E-state index contributed by atoms with van der Waals surface area (Å²) in [5.74, 6) is -0.361. The van der Waals surface area contributed by atoms with Crippen LogP contribution in [0.4, 0.5) is 0 Å². The Bertz CT molecular complexity index is 162. The van der Waals surface area contributed by atoms with Crippen molar-refractivity contribution in [2.75, 3.05) is 26.4 Å². The lowest BCUT2D eigenvalue weighted by molar-refractivity contribution is -0.444. The lowest BCUT2D eigenvalue weighted by atomic mass is 10.1. The predicted molar refractivity (Wildman–Crippen MR) is 47.2 cm³/mol. The Morgan fingerprint density at radius 1 is 1.23 bits per heavy atom. The quantitative estimate of drug-likeness (QED) is 0.691. The van der Waals surface area contributed by atoms with Crippen LogP contribution in [-0.4, -0.2) is 38.4 Å². The van der Waals surface area contributed by atoms with Crippen LogP contribution in [0.2, 0.25) is 0 Å². The Morgan fingerprint density at radius 2 is 1.77 bits per heavy atom. The molecule has 0 unspecified atom stereocenters. The smallest absolute Gasteiger partial charge is 0.296 e. The maximum atomic E-state index is 5.51. The van der Waals surface area contributed by atoms with Crippen molar-refractivity contribution in [1.82, 2.24) is 5.32 Å². The topological polar surface area (TPSA) is 39.7 Å². The van der Waals surface area contributed by atoms with Gasteiger partial charge in [-0.05, 0) is 0 Å². The van der Waals surface area contributed by atoms with Gasteiger partial charge in [-0.2, -0.15) is 0 Å². The van der Waals surface area contributed by atoms with Gasteiger partial charge in [0.1, 0.15) is 0 Å². The minimum absolute atomic E-state index is 0.421. The average molecular weight is 187 g/mol. The van der Waals surface area contributed by atoms with Crippen molar-refractivity contribution in [3.8, 4) is 0 Å². The lowest BCUT2D eigenvalue weighted by Crippen LogP contribution is -2.59. The minimum atomic E-state index is -0.793. The molecule has 2 bridgehead atoms. The molecule has 13 heavy (non-hydrogen) atoms. The third kappa shape index (κ3) is 2.02. The Labute approximate surface area is 78.5 Å². The first-order valence-corrected chi connectivity index (χ1v) is 4.85. The van der Waals surface area contributed by atoms with Crippen LogP contribution in [0.25, 0.3) is 0 Å². The number of hydrogen-bond acceptors (Lipinski definition) is 4. The average Bonchev–Trinajstić information content (AvgIpc) is 2.18. The first-order chi connectivity index (χ1) is 6.20. The zero-order chi connectivity index (χ0) is 9.31. The monoisotopic (exact) mass is 187 g/mol. The number of ether oxygens (including phenoxy) is 3. The van der Waals surface area contributed by atoms with E-state index in [1.165, 1.54) is 0 Å². The fourth-order valence-electron chi connectivity index (χ4n) is 1.49. The predicted octanol–water partition coefficient (Wildman–Crippen LogP) is 0.331. The highest BCUT2D eigenvalue weighted by Gasteiger charge is 2.44. The molecule has 0 aromatic heterocycles. The molecular formula is C9H17NO3. The number of hydrogen-bond donors (Lipinski definition) is 1. The molecule has 0 aliphatic carbocycles. The molecule has 3 aliphatic rings. The van der Waals surface area contributed by atoms with E-state index in [0.717, 1.165) is 19.8 Å². The number of fused-ring (bicyclic) bond motifs is 3. The molecule has 0 aromatic carbocycles. The van der Waals surface area contributed by atoms with Crippen molar-refractivity contribution in [2.45, 2.75) is 25.9 Å². The van der Waals surface area contributed by atoms with Gasteiger partial charge in [-0.25, -0.2) is 0 Å². The zero-order valence-electron chi connectivity index (χ0n) is 8.21. The first kappa shape index (κ1) is 9.40. The third-order valence-corrected chi connectivity index (χ3v) is 2.34. The Hall–Kier alpha value is -0.160. The summed E-state index contributed by atoms with van der Waals surface area (Å²) < 4.78 is 16.5. The van der Waals surface area contributed by atoms with Gasteiger partial charge in [0, 0.05) is 12.0 Å². The summed E-state index contributed by atoms with van der Waals surface area (Å²) in [6.07, 6.45) is 0. The molecule has 3 rings (SSSR count). The van der Waals surface area contributed by atoms with Crippen molar-refractivity contribution in [1.29, 1.82) is 0 Å². The zero-order valence-corrected chi connectivity index (χ0v) is 8.21. The van der Waals surface area contributed by atoms with E-state index in [4.69, 9.17) is 14.2 Å². The van der Waals surface area contributed by atoms with Crippen LogP contribution in [0.15, 0.2) is 0 Å². The van der Waals surface area contributed by atoms with E-state index in [1.807, 2.05) is 0 Å². The van der Waals surface area contributed by atoms with Gasteiger partial charge in [0.15, 0.2) is 0 Å². The van der Waals surface area contributed by atoms with Gasteiger partial charge in [-0.3, -0.25) is 0 Å². The van der Waals surface area contributed by atoms with E-state index >= 15 is 0 Å². The third-order valence-electron chi connectivity index (χ3n) is 2.34. The van der Waals surface area contributed by atoms with Crippen LogP contribution in [0.5, 0.6) is 0 Å². The second kappa shape index (κ2) is 3.53. The first-order valence-electron chi connectivity index (χ1n) is 4.85. The van der Waals surface area contributed by atoms with E-state index in [2.05, 4.69) is 19.2 Å². The normalized spacial score (nSPS) is 38.5. The van der Waals surface area contributed by atoms with Crippen LogP contribution >= 0.6 is 0 Å². The van der Waals surface area contributed by atoms with Crippen molar-refractivity contribution in [3.63, 3.8) is 0 Å². The van der Waals surface area contributed by atoms with Crippen molar-refractivity contribution in [3.05, 3.63) is 0 Å². The molecule has 0 radical (unpaired) electrons. The number of rotatable bonds is 3. The van der Waals surface area contributed by atoms with E-state index in [1.54, 1.807) is 0 Å². The van der Waals surface area contributed by atoms with Crippen molar-refractivity contribution in [2.24, 2.45) is 5.92 Å². The van der Waals surface area contributed by atoms with Gasteiger partial charge in [0.25, 0.3) is 5.97 Å². The molecule has 0 saturated carbocycles. The molecule has 3 saturated heterocycles. The molecular weight excluding hydrogens is 170 g/mol. The van der Waals surface area contributed by atoms with Crippen LogP contribution in [0, 0.1) is 5.92 Å². The van der Waals surface area contributed by atoms with E-state index in [-0.39, 0.29) is 0 Å². The maximum absolute atomic E-state index is 5.51. The fraction of sp³-hybridized carbons (Fsp3) is 1.00. The van der Waals surface area contributed by atoms with E-state index < -0.39 is 5.97 Å². The lowest BCUT2D eigenvalue weighted by Gasteiger charge is -2.45. The molecule has 3 aliphatic heterocycles. The SMILES string of the molecule is CC(C)NCC12OCC(CO1)CO2. The largest absolute Gasteiger partial charge is 0.326 e. The van der Waals surface area contributed by atoms with Crippen LogP contribution in [-0.2, 0) is 14.2 Å². The van der Waals surface area contributed by atoms with Gasteiger partial charge in [-0.15, -0.1) is 0 Å². The van der Waals surface area contributed by atoms with Gasteiger partial charge >= 0.3 is 0 Å². The van der Waals surface area contributed by atoms with Crippen molar-refractivity contribution < 1.29 is 14.2 Å². The second-order valence-electron chi connectivity index (χ2n) is 4.02. The van der Waals surface area contributed by atoms with Crippen LogP contribution < -0.4 is 5.32 Å².